The van der Waals surface area contributed by atoms with Crippen LogP contribution in [0.15, 0.2) is 24.3 Å². The standard InChI is InChI=1S/C15H19FN2O3/c1-11(15(20)21)17-6-8-18(9-7-17)14(19)10-12-2-4-13(16)5-3-12/h2-5,11H,6-10H2,1H3,(H,20,21). The summed E-state index contributed by atoms with van der Waals surface area (Å²) < 4.78 is 12.8. The molecule has 1 aliphatic rings. The number of piperazine rings is 1. The molecule has 0 saturated carbocycles. The number of hydrogen-bond acceptors (Lipinski definition) is 3. The highest BCUT2D eigenvalue weighted by molar-refractivity contribution is 5.79. The number of halogens is 1. The molecule has 1 aromatic carbocycles. The highest BCUT2D eigenvalue weighted by Crippen LogP contribution is 2.10. The second kappa shape index (κ2) is 6.67. The van der Waals surface area contributed by atoms with E-state index in [9.17, 15) is 14.0 Å². The molecule has 0 aliphatic carbocycles. The molecular formula is C15H19FN2O3. The molecule has 0 bridgehead atoms. The van der Waals surface area contributed by atoms with Crippen LogP contribution in [0.2, 0.25) is 0 Å². The van der Waals surface area contributed by atoms with Crippen molar-refractivity contribution in [2.45, 2.75) is 19.4 Å². The molecule has 1 saturated heterocycles. The quantitative estimate of drug-likeness (QED) is 0.899. The molecule has 1 atom stereocenters. The third-order valence-corrected chi connectivity index (χ3v) is 3.84. The number of rotatable bonds is 4. The van der Waals surface area contributed by atoms with Crippen LogP contribution in [0.25, 0.3) is 0 Å². The molecule has 1 heterocycles. The third-order valence-electron chi connectivity index (χ3n) is 3.84. The van der Waals surface area contributed by atoms with Gasteiger partial charge in [-0.25, -0.2) is 4.39 Å². The fourth-order valence-corrected chi connectivity index (χ4v) is 2.40. The normalized spacial score (nSPS) is 17.5. The van der Waals surface area contributed by atoms with Gasteiger partial charge in [0.1, 0.15) is 11.9 Å². The van der Waals surface area contributed by atoms with E-state index in [-0.39, 0.29) is 18.1 Å². The molecule has 1 N–H and O–H groups in total. The number of benzene rings is 1. The average molecular weight is 294 g/mol. The number of nitrogens with zero attached hydrogens (tertiary/aromatic N) is 2. The molecule has 0 radical (unpaired) electrons. The van der Waals surface area contributed by atoms with Gasteiger partial charge in [0, 0.05) is 26.2 Å². The number of hydrogen-bond donors (Lipinski definition) is 1. The highest BCUT2D eigenvalue weighted by Gasteiger charge is 2.26. The Morgan fingerprint density at radius 3 is 2.29 bits per heavy atom. The van der Waals surface area contributed by atoms with Crippen molar-refractivity contribution in [2.75, 3.05) is 26.2 Å². The molecule has 1 aliphatic heterocycles. The summed E-state index contributed by atoms with van der Waals surface area (Å²) in [5.41, 5.74) is 0.780. The van der Waals surface area contributed by atoms with Crippen LogP contribution in [0.1, 0.15) is 12.5 Å². The van der Waals surface area contributed by atoms with Gasteiger partial charge >= 0.3 is 5.97 Å². The van der Waals surface area contributed by atoms with Crippen molar-refractivity contribution in [2.24, 2.45) is 0 Å². The van der Waals surface area contributed by atoms with Crippen LogP contribution in [0.5, 0.6) is 0 Å². The summed E-state index contributed by atoms with van der Waals surface area (Å²) >= 11 is 0. The van der Waals surface area contributed by atoms with Crippen molar-refractivity contribution in [3.05, 3.63) is 35.6 Å². The second-order valence-electron chi connectivity index (χ2n) is 5.23. The van der Waals surface area contributed by atoms with Crippen molar-refractivity contribution < 1.29 is 19.1 Å². The van der Waals surface area contributed by atoms with Crippen molar-refractivity contribution in [1.29, 1.82) is 0 Å². The van der Waals surface area contributed by atoms with Crippen LogP contribution in [-0.2, 0) is 16.0 Å². The number of carboxylic acids is 1. The van der Waals surface area contributed by atoms with Crippen LogP contribution >= 0.6 is 0 Å². The maximum absolute atomic E-state index is 12.8. The Morgan fingerprint density at radius 1 is 1.19 bits per heavy atom. The molecule has 5 nitrogen and oxygen atoms in total. The van der Waals surface area contributed by atoms with Gasteiger partial charge < -0.3 is 10.0 Å². The number of amides is 1. The van der Waals surface area contributed by atoms with E-state index in [0.717, 1.165) is 5.56 Å². The summed E-state index contributed by atoms with van der Waals surface area (Å²) in [6.07, 6.45) is 0.245. The lowest BCUT2D eigenvalue weighted by Crippen LogP contribution is -2.53. The van der Waals surface area contributed by atoms with E-state index in [4.69, 9.17) is 5.11 Å². The Kier molecular flexibility index (Phi) is 4.90. The molecule has 114 valence electrons. The van der Waals surface area contributed by atoms with Gasteiger partial charge in [-0.05, 0) is 24.6 Å². The number of aliphatic carboxylic acids is 1. The van der Waals surface area contributed by atoms with E-state index in [1.54, 1.807) is 24.0 Å². The van der Waals surface area contributed by atoms with Crippen LogP contribution in [0.4, 0.5) is 4.39 Å². The first kappa shape index (κ1) is 15.4. The minimum absolute atomic E-state index is 0.00997. The predicted molar refractivity (Wildman–Crippen MR) is 75.4 cm³/mol. The highest BCUT2D eigenvalue weighted by atomic mass is 19.1. The zero-order chi connectivity index (χ0) is 15.4. The summed E-state index contributed by atoms with van der Waals surface area (Å²) in [6, 6.07) is 5.37. The van der Waals surface area contributed by atoms with Crippen LogP contribution < -0.4 is 0 Å². The van der Waals surface area contributed by atoms with E-state index >= 15 is 0 Å². The van der Waals surface area contributed by atoms with Crippen LogP contribution in [0, 0.1) is 5.82 Å². The zero-order valence-electron chi connectivity index (χ0n) is 12.0. The minimum atomic E-state index is -0.846. The van der Waals surface area contributed by atoms with Crippen molar-refractivity contribution in [3.8, 4) is 0 Å². The van der Waals surface area contributed by atoms with E-state index in [0.29, 0.717) is 26.2 Å². The molecule has 1 amide bonds. The summed E-state index contributed by atoms with van der Waals surface area (Å²) in [4.78, 5) is 26.7. The monoisotopic (exact) mass is 294 g/mol. The fourth-order valence-electron chi connectivity index (χ4n) is 2.40. The van der Waals surface area contributed by atoms with E-state index in [1.807, 2.05) is 4.90 Å². The van der Waals surface area contributed by atoms with E-state index in [1.165, 1.54) is 12.1 Å². The largest absolute Gasteiger partial charge is 0.480 e. The van der Waals surface area contributed by atoms with Gasteiger partial charge in [0.25, 0.3) is 0 Å². The first-order valence-electron chi connectivity index (χ1n) is 6.96. The Morgan fingerprint density at radius 2 is 1.76 bits per heavy atom. The molecule has 1 unspecified atom stereocenters. The molecule has 6 heteroatoms. The van der Waals surface area contributed by atoms with Crippen molar-refractivity contribution in [1.82, 2.24) is 9.80 Å². The topological polar surface area (TPSA) is 60.9 Å². The van der Waals surface area contributed by atoms with Crippen molar-refractivity contribution >= 4 is 11.9 Å². The number of carbonyl (C=O) groups is 2. The third kappa shape index (κ3) is 4.01. The first-order chi connectivity index (χ1) is 9.97. The van der Waals surface area contributed by atoms with Gasteiger partial charge in [-0.2, -0.15) is 0 Å². The lowest BCUT2D eigenvalue weighted by atomic mass is 10.1. The summed E-state index contributed by atoms with van der Waals surface area (Å²) in [5, 5.41) is 8.97. The Bertz CT molecular complexity index is 510. The van der Waals surface area contributed by atoms with E-state index in [2.05, 4.69) is 0 Å². The van der Waals surface area contributed by atoms with Crippen LogP contribution in [-0.4, -0.2) is 59.0 Å². The maximum atomic E-state index is 12.8. The number of carbonyl (C=O) groups excluding carboxylic acids is 1. The summed E-state index contributed by atoms with van der Waals surface area (Å²) in [7, 11) is 0. The minimum Gasteiger partial charge on any atom is -0.480 e. The second-order valence-corrected chi connectivity index (χ2v) is 5.23. The van der Waals surface area contributed by atoms with Crippen LogP contribution in [0.3, 0.4) is 0 Å². The molecular weight excluding hydrogens is 275 g/mol. The predicted octanol–water partition coefficient (Wildman–Crippen LogP) is 0.986. The molecule has 1 aromatic rings. The summed E-state index contributed by atoms with van der Waals surface area (Å²) in [5.74, 6) is -1.17. The smallest absolute Gasteiger partial charge is 0.320 e. The zero-order valence-corrected chi connectivity index (χ0v) is 12.0. The number of carboxylic acid groups (broad SMARTS) is 1. The van der Waals surface area contributed by atoms with Gasteiger partial charge in [0.05, 0.1) is 6.42 Å². The van der Waals surface area contributed by atoms with Gasteiger partial charge in [-0.15, -0.1) is 0 Å². The fraction of sp³-hybridized carbons (Fsp3) is 0.467. The Balaban J connectivity index is 1.85. The average Bonchev–Trinajstić information content (AvgIpc) is 2.49. The molecule has 21 heavy (non-hydrogen) atoms. The molecule has 2 rings (SSSR count). The van der Waals surface area contributed by atoms with Gasteiger partial charge in [-0.1, -0.05) is 12.1 Å². The lowest BCUT2D eigenvalue weighted by molar-refractivity contribution is -0.144. The first-order valence-corrected chi connectivity index (χ1v) is 6.96. The van der Waals surface area contributed by atoms with Crippen molar-refractivity contribution in [3.63, 3.8) is 0 Å². The van der Waals surface area contributed by atoms with Gasteiger partial charge in [0.2, 0.25) is 5.91 Å². The lowest BCUT2D eigenvalue weighted by Gasteiger charge is -2.36. The summed E-state index contributed by atoms with van der Waals surface area (Å²) in [6.45, 7) is 3.82. The van der Waals surface area contributed by atoms with Gasteiger partial charge in [-0.3, -0.25) is 14.5 Å². The maximum Gasteiger partial charge on any atom is 0.320 e. The van der Waals surface area contributed by atoms with E-state index < -0.39 is 12.0 Å². The Labute approximate surface area is 123 Å². The molecule has 1 fully saturated rings. The van der Waals surface area contributed by atoms with Gasteiger partial charge in [0.15, 0.2) is 0 Å². The molecule has 0 spiro atoms. The molecule has 0 aromatic heterocycles. The SMILES string of the molecule is CC(C(=O)O)N1CCN(C(=O)Cc2ccc(F)cc2)CC1. The Hall–Kier alpha value is -1.95.